The Morgan fingerprint density at radius 3 is 2.61 bits per heavy atom. The molecule has 1 saturated heterocycles. The highest BCUT2D eigenvalue weighted by Crippen LogP contribution is 2.48. The fourth-order valence-electron chi connectivity index (χ4n) is 4.74. The van der Waals surface area contributed by atoms with Gasteiger partial charge >= 0.3 is 0 Å². The second-order valence-corrected chi connectivity index (χ2v) is 7.38. The molecule has 5 unspecified atom stereocenters. The number of nitrogens with one attached hydrogen (secondary N) is 1. The zero-order valence-corrected chi connectivity index (χ0v) is 14.8. The van der Waals surface area contributed by atoms with E-state index >= 15 is 0 Å². The van der Waals surface area contributed by atoms with Crippen LogP contribution in [0.4, 0.5) is 0 Å². The van der Waals surface area contributed by atoms with Gasteiger partial charge in [-0.2, -0.15) is 0 Å². The van der Waals surface area contributed by atoms with Crippen LogP contribution in [0.2, 0.25) is 0 Å². The van der Waals surface area contributed by atoms with Gasteiger partial charge in [-0.05, 0) is 50.4 Å². The van der Waals surface area contributed by atoms with E-state index in [1.165, 1.54) is 12.8 Å². The molecule has 0 aromatic heterocycles. The van der Waals surface area contributed by atoms with Crippen molar-refractivity contribution in [1.82, 2.24) is 10.2 Å². The lowest BCUT2D eigenvalue weighted by molar-refractivity contribution is -0.139. The Kier molecular flexibility index (Phi) is 6.32. The molecule has 5 nitrogen and oxygen atoms in total. The van der Waals surface area contributed by atoms with Crippen LogP contribution in [0, 0.1) is 17.8 Å². The van der Waals surface area contributed by atoms with Gasteiger partial charge in [-0.25, -0.2) is 0 Å². The maximum atomic E-state index is 12.9. The van der Waals surface area contributed by atoms with Gasteiger partial charge in [0, 0.05) is 31.6 Å². The first-order valence-electron chi connectivity index (χ1n) is 8.94. The summed E-state index contributed by atoms with van der Waals surface area (Å²) < 4.78 is 0. The number of rotatable bonds is 4. The molecule has 3 aliphatic rings. The Labute approximate surface area is 145 Å². The molecule has 0 aromatic rings. The zero-order chi connectivity index (χ0) is 15.7. The van der Waals surface area contributed by atoms with Crippen LogP contribution in [0.1, 0.15) is 51.9 Å². The minimum atomic E-state index is 0. The van der Waals surface area contributed by atoms with E-state index in [9.17, 15) is 9.59 Å². The van der Waals surface area contributed by atoms with E-state index < -0.39 is 0 Å². The summed E-state index contributed by atoms with van der Waals surface area (Å²) in [5.74, 6) is 1.45. The first kappa shape index (κ1) is 18.5. The topological polar surface area (TPSA) is 75.4 Å². The number of nitrogens with two attached hydrogens (primary N) is 1. The number of hydrogen-bond donors (Lipinski definition) is 2. The van der Waals surface area contributed by atoms with Crippen molar-refractivity contribution in [3.05, 3.63) is 0 Å². The minimum Gasteiger partial charge on any atom is -0.352 e. The SMILES string of the molecule is CCCC(=O)NC1CCCN(C(=O)C2C3CCC(C3)C2N)C1.Cl. The number of piperidine rings is 1. The predicted octanol–water partition coefficient (Wildman–Crippen LogP) is 1.69. The van der Waals surface area contributed by atoms with Crippen molar-refractivity contribution >= 4 is 24.2 Å². The molecular formula is C17H30ClN3O2. The Bertz CT molecular complexity index is 444. The first-order chi connectivity index (χ1) is 10.6. The molecule has 3 N–H and O–H groups in total. The van der Waals surface area contributed by atoms with Crippen LogP contribution in [0.15, 0.2) is 0 Å². The van der Waals surface area contributed by atoms with E-state index in [1.807, 2.05) is 11.8 Å². The average Bonchev–Trinajstić information content (AvgIpc) is 3.08. The van der Waals surface area contributed by atoms with Crippen LogP contribution in [-0.2, 0) is 9.59 Å². The summed E-state index contributed by atoms with van der Waals surface area (Å²) in [5.41, 5.74) is 6.31. The van der Waals surface area contributed by atoms with Gasteiger partial charge in [-0.15, -0.1) is 12.4 Å². The third-order valence-electron chi connectivity index (χ3n) is 5.84. The van der Waals surface area contributed by atoms with Gasteiger partial charge < -0.3 is 16.0 Å². The number of hydrogen-bond acceptors (Lipinski definition) is 3. The van der Waals surface area contributed by atoms with Crippen LogP contribution < -0.4 is 11.1 Å². The van der Waals surface area contributed by atoms with Crippen LogP contribution in [0.25, 0.3) is 0 Å². The Morgan fingerprint density at radius 1 is 1.22 bits per heavy atom. The van der Waals surface area contributed by atoms with Crippen molar-refractivity contribution in [1.29, 1.82) is 0 Å². The number of carbonyl (C=O) groups is 2. The van der Waals surface area contributed by atoms with Crippen LogP contribution >= 0.6 is 12.4 Å². The van der Waals surface area contributed by atoms with Crippen LogP contribution in [0.3, 0.4) is 0 Å². The highest BCUT2D eigenvalue weighted by Gasteiger charge is 2.50. The van der Waals surface area contributed by atoms with Gasteiger partial charge in [0.2, 0.25) is 11.8 Å². The lowest BCUT2D eigenvalue weighted by Gasteiger charge is -2.37. The Morgan fingerprint density at radius 2 is 1.96 bits per heavy atom. The number of fused-ring (bicyclic) bond motifs is 2. The third-order valence-corrected chi connectivity index (χ3v) is 5.84. The molecule has 1 heterocycles. The fourth-order valence-corrected chi connectivity index (χ4v) is 4.74. The highest BCUT2D eigenvalue weighted by molar-refractivity contribution is 5.85. The zero-order valence-electron chi connectivity index (χ0n) is 14.0. The van der Waals surface area contributed by atoms with E-state index in [-0.39, 0.29) is 42.2 Å². The molecule has 0 spiro atoms. The summed E-state index contributed by atoms with van der Waals surface area (Å²) in [6, 6.07) is 0.174. The molecule has 2 amide bonds. The number of nitrogens with zero attached hydrogens (tertiary/aromatic N) is 1. The number of carbonyl (C=O) groups excluding carboxylic acids is 2. The summed E-state index contributed by atoms with van der Waals surface area (Å²) in [7, 11) is 0. The lowest BCUT2D eigenvalue weighted by Crippen LogP contribution is -2.54. The van der Waals surface area contributed by atoms with E-state index in [0.717, 1.165) is 32.2 Å². The van der Waals surface area contributed by atoms with Gasteiger partial charge in [0.05, 0.1) is 5.92 Å². The van der Waals surface area contributed by atoms with Crippen molar-refractivity contribution in [3.63, 3.8) is 0 Å². The van der Waals surface area contributed by atoms with Gasteiger partial charge in [-0.1, -0.05) is 6.92 Å². The second kappa shape index (κ2) is 7.84. The summed E-state index contributed by atoms with van der Waals surface area (Å²) in [5, 5.41) is 3.08. The summed E-state index contributed by atoms with van der Waals surface area (Å²) in [4.78, 5) is 26.6. The summed E-state index contributed by atoms with van der Waals surface area (Å²) in [6.07, 6.45) is 6.89. The van der Waals surface area contributed by atoms with Crippen molar-refractivity contribution in [2.45, 2.75) is 64.0 Å². The van der Waals surface area contributed by atoms with Crippen molar-refractivity contribution < 1.29 is 9.59 Å². The van der Waals surface area contributed by atoms with Crippen molar-refractivity contribution in [3.8, 4) is 0 Å². The van der Waals surface area contributed by atoms with Crippen LogP contribution in [-0.4, -0.2) is 41.9 Å². The largest absolute Gasteiger partial charge is 0.352 e. The van der Waals surface area contributed by atoms with Gasteiger partial charge in [0.1, 0.15) is 0 Å². The predicted molar refractivity (Wildman–Crippen MR) is 92.2 cm³/mol. The molecule has 5 atom stereocenters. The Hall–Kier alpha value is -0.810. The number of amides is 2. The fraction of sp³-hybridized carbons (Fsp3) is 0.882. The maximum Gasteiger partial charge on any atom is 0.227 e. The standard InChI is InChI=1S/C17H29N3O2.ClH/c1-2-4-14(21)19-13-5-3-8-20(10-13)17(22)15-11-6-7-12(9-11)16(15)18;/h11-13,15-16H,2-10,18H2,1H3,(H,19,21);1H. The van der Waals surface area contributed by atoms with Gasteiger partial charge in [0.15, 0.2) is 0 Å². The molecule has 3 rings (SSSR count). The van der Waals surface area contributed by atoms with E-state index in [0.29, 0.717) is 24.8 Å². The van der Waals surface area contributed by atoms with E-state index in [4.69, 9.17) is 5.73 Å². The molecule has 2 saturated carbocycles. The molecule has 132 valence electrons. The van der Waals surface area contributed by atoms with Crippen molar-refractivity contribution in [2.24, 2.45) is 23.5 Å². The third kappa shape index (κ3) is 3.82. The molecule has 2 aliphatic carbocycles. The molecule has 6 heteroatoms. The lowest BCUT2D eigenvalue weighted by atomic mass is 9.83. The molecular weight excluding hydrogens is 314 g/mol. The monoisotopic (exact) mass is 343 g/mol. The Balaban J connectivity index is 0.00000192. The minimum absolute atomic E-state index is 0. The molecule has 3 fully saturated rings. The smallest absolute Gasteiger partial charge is 0.227 e. The quantitative estimate of drug-likeness (QED) is 0.815. The average molecular weight is 344 g/mol. The summed E-state index contributed by atoms with van der Waals surface area (Å²) >= 11 is 0. The molecule has 1 aliphatic heterocycles. The maximum absolute atomic E-state index is 12.9. The number of halogens is 1. The second-order valence-electron chi connectivity index (χ2n) is 7.38. The van der Waals surface area contributed by atoms with E-state index in [2.05, 4.69) is 5.32 Å². The number of likely N-dealkylation sites (tertiary alicyclic amines) is 1. The normalized spacial score (nSPS) is 35.7. The molecule has 0 radical (unpaired) electrons. The molecule has 0 aromatic carbocycles. The highest BCUT2D eigenvalue weighted by atomic mass is 35.5. The van der Waals surface area contributed by atoms with Gasteiger partial charge in [-0.3, -0.25) is 9.59 Å². The first-order valence-corrected chi connectivity index (χ1v) is 8.94. The van der Waals surface area contributed by atoms with Crippen molar-refractivity contribution in [2.75, 3.05) is 13.1 Å². The molecule has 23 heavy (non-hydrogen) atoms. The van der Waals surface area contributed by atoms with Gasteiger partial charge in [0.25, 0.3) is 0 Å². The van der Waals surface area contributed by atoms with Crippen LogP contribution in [0.5, 0.6) is 0 Å². The molecule has 2 bridgehead atoms. The van der Waals surface area contributed by atoms with E-state index in [1.54, 1.807) is 0 Å². The summed E-state index contributed by atoms with van der Waals surface area (Å²) in [6.45, 7) is 3.49.